The highest BCUT2D eigenvalue weighted by Crippen LogP contribution is 2.43. The molecule has 4 heterocycles. The lowest BCUT2D eigenvalue weighted by atomic mass is 9.78. The second-order valence-electron chi connectivity index (χ2n) is 7.26. The highest BCUT2D eigenvalue weighted by molar-refractivity contribution is 5.94. The second kappa shape index (κ2) is 6.19. The van der Waals surface area contributed by atoms with Gasteiger partial charge in [-0.2, -0.15) is 0 Å². The highest BCUT2D eigenvalue weighted by atomic mass is 16.6. The van der Waals surface area contributed by atoms with Crippen molar-refractivity contribution in [2.75, 3.05) is 7.05 Å². The lowest BCUT2D eigenvalue weighted by Crippen LogP contribution is -2.52. The minimum atomic E-state index is -1.01. The monoisotopic (exact) mass is 376 g/mol. The molecule has 0 bridgehead atoms. The Balaban J connectivity index is 1.71. The first kappa shape index (κ1) is 17.0. The van der Waals surface area contributed by atoms with Crippen molar-refractivity contribution in [2.24, 2.45) is 0 Å². The van der Waals surface area contributed by atoms with E-state index in [1.807, 2.05) is 48.7 Å². The van der Waals surface area contributed by atoms with Crippen LogP contribution in [0.4, 0.5) is 0 Å². The van der Waals surface area contributed by atoms with Gasteiger partial charge in [0.15, 0.2) is 0 Å². The molecule has 0 aliphatic carbocycles. The third-order valence-corrected chi connectivity index (χ3v) is 5.81. The van der Waals surface area contributed by atoms with Gasteiger partial charge in [-0.3, -0.25) is 4.79 Å². The number of aliphatic hydroxyl groups is 1. The molecule has 0 spiro atoms. The van der Waals surface area contributed by atoms with Crippen LogP contribution in [0.5, 0.6) is 0 Å². The topological polar surface area (TPSA) is 90.5 Å². The summed E-state index contributed by atoms with van der Waals surface area (Å²) in [6.45, 7) is 0. The highest BCUT2D eigenvalue weighted by Gasteiger charge is 2.51. The quantitative estimate of drug-likeness (QED) is 0.651. The molecule has 1 fully saturated rings. The lowest BCUT2D eigenvalue weighted by molar-refractivity contribution is -0.134. The molecule has 3 N–H and O–H groups in total. The number of benzene rings is 1. The molecule has 3 unspecified atom stereocenters. The van der Waals surface area contributed by atoms with Gasteiger partial charge in [0.05, 0.1) is 6.04 Å². The fraction of sp³-hybridized carbons (Fsp3) is 0.238. The minimum Gasteiger partial charge on any atom is -0.416 e. The molecule has 1 aromatic carbocycles. The molecule has 0 radical (unpaired) electrons. The van der Waals surface area contributed by atoms with Crippen LogP contribution in [0.3, 0.4) is 0 Å². The van der Waals surface area contributed by atoms with Gasteiger partial charge in [0.2, 0.25) is 0 Å². The van der Waals surface area contributed by atoms with Gasteiger partial charge in [-0.15, -0.1) is 5.48 Å². The van der Waals surface area contributed by atoms with Gasteiger partial charge in [-0.1, -0.05) is 24.3 Å². The molecule has 7 nitrogen and oxygen atoms in total. The number of hydrogen-bond acceptors (Lipinski definition) is 5. The Morgan fingerprint density at radius 1 is 1.25 bits per heavy atom. The first-order valence-corrected chi connectivity index (χ1v) is 9.19. The van der Waals surface area contributed by atoms with Crippen LogP contribution in [-0.2, 0) is 15.2 Å². The molecule has 1 amide bonds. The number of rotatable bonds is 3. The van der Waals surface area contributed by atoms with E-state index < -0.39 is 11.6 Å². The van der Waals surface area contributed by atoms with Crippen LogP contribution < -0.4 is 5.48 Å². The fourth-order valence-corrected chi connectivity index (χ4v) is 4.42. The number of nitrogens with one attached hydrogen (secondary N) is 2. The van der Waals surface area contributed by atoms with E-state index in [4.69, 9.17) is 4.84 Å². The Kier molecular flexibility index (Phi) is 3.75. The van der Waals surface area contributed by atoms with Crippen molar-refractivity contribution >= 4 is 16.9 Å². The summed E-state index contributed by atoms with van der Waals surface area (Å²) >= 11 is 0. The fourth-order valence-electron chi connectivity index (χ4n) is 4.42. The first-order chi connectivity index (χ1) is 13.6. The summed E-state index contributed by atoms with van der Waals surface area (Å²) in [5, 5.41) is 11.2. The maximum absolute atomic E-state index is 12.3. The number of likely N-dealkylation sites (N-methyl/N-ethyl adjacent to an activating group) is 1. The van der Waals surface area contributed by atoms with Gasteiger partial charge in [0, 0.05) is 36.8 Å². The van der Waals surface area contributed by atoms with E-state index in [0.717, 1.165) is 27.7 Å². The molecule has 0 saturated carbocycles. The Labute approximate surface area is 161 Å². The van der Waals surface area contributed by atoms with Crippen molar-refractivity contribution in [2.45, 2.75) is 24.1 Å². The van der Waals surface area contributed by atoms with Crippen molar-refractivity contribution in [1.29, 1.82) is 0 Å². The van der Waals surface area contributed by atoms with Crippen LogP contribution in [0.15, 0.2) is 61.1 Å². The van der Waals surface area contributed by atoms with Crippen molar-refractivity contribution in [3.8, 4) is 11.1 Å². The van der Waals surface area contributed by atoms with E-state index in [-0.39, 0.29) is 11.9 Å². The molecule has 1 saturated heterocycles. The Bertz CT molecular complexity index is 1090. The molecule has 142 valence electrons. The zero-order valence-electron chi connectivity index (χ0n) is 15.3. The number of hydrogen-bond donors (Lipinski definition) is 3. The van der Waals surface area contributed by atoms with Crippen LogP contribution in [0.1, 0.15) is 12.0 Å². The number of aromatic amines is 1. The summed E-state index contributed by atoms with van der Waals surface area (Å²) in [7, 11) is 1.72. The van der Waals surface area contributed by atoms with Gasteiger partial charge < -0.3 is 19.8 Å². The number of amides is 1. The minimum absolute atomic E-state index is 0.278. The van der Waals surface area contributed by atoms with E-state index in [2.05, 4.69) is 15.4 Å². The van der Waals surface area contributed by atoms with Crippen molar-refractivity contribution in [1.82, 2.24) is 20.3 Å². The molecule has 3 aromatic rings. The van der Waals surface area contributed by atoms with E-state index in [9.17, 15) is 9.90 Å². The zero-order valence-corrected chi connectivity index (χ0v) is 15.3. The van der Waals surface area contributed by atoms with Crippen molar-refractivity contribution in [3.05, 3.63) is 66.7 Å². The number of H-pyrrole nitrogens is 1. The average molecular weight is 376 g/mol. The predicted octanol–water partition coefficient (Wildman–Crippen LogP) is 2.07. The molecule has 7 heteroatoms. The number of nitrogens with zero attached hydrogens (tertiary/aromatic N) is 2. The number of fused-ring (bicyclic) bond motifs is 1. The number of likely N-dealkylation sites (tertiary alicyclic amines) is 1. The van der Waals surface area contributed by atoms with E-state index in [0.29, 0.717) is 6.42 Å². The van der Waals surface area contributed by atoms with Gasteiger partial charge in [0.1, 0.15) is 23.6 Å². The molecule has 28 heavy (non-hydrogen) atoms. The van der Waals surface area contributed by atoms with Crippen LogP contribution in [0, 0.1) is 0 Å². The second-order valence-corrected chi connectivity index (χ2v) is 7.26. The molecule has 2 aliphatic rings. The molecular weight excluding hydrogens is 356 g/mol. The Morgan fingerprint density at radius 2 is 2.11 bits per heavy atom. The van der Waals surface area contributed by atoms with E-state index in [1.54, 1.807) is 24.4 Å². The lowest BCUT2D eigenvalue weighted by Gasteiger charge is -2.37. The summed E-state index contributed by atoms with van der Waals surface area (Å²) in [6.07, 6.45) is 6.53. The number of carbonyl (C=O) groups excluding carboxylic acids is 1. The summed E-state index contributed by atoms with van der Waals surface area (Å²) in [4.78, 5) is 27.0. The normalized spacial score (nSPS) is 26.9. The zero-order chi connectivity index (χ0) is 19.3. The predicted molar refractivity (Wildman–Crippen MR) is 104 cm³/mol. The molecule has 2 aliphatic heterocycles. The molecule has 3 atom stereocenters. The smallest absolute Gasteiger partial charge is 0.251 e. The molecule has 2 aromatic heterocycles. The first-order valence-electron chi connectivity index (χ1n) is 9.19. The van der Waals surface area contributed by atoms with Crippen LogP contribution in [-0.4, -0.2) is 45.1 Å². The number of hydroxylamine groups is 1. The Hall–Kier alpha value is -3.16. The maximum atomic E-state index is 12.3. The largest absolute Gasteiger partial charge is 0.416 e. The summed E-state index contributed by atoms with van der Waals surface area (Å²) in [6, 6.07) is 11.7. The number of aliphatic hydroxyl groups excluding tert-OH is 1. The van der Waals surface area contributed by atoms with Gasteiger partial charge >= 0.3 is 0 Å². The van der Waals surface area contributed by atoms with Crippen LogP contribution in [0.25, 0.3) is 22.2 Å². The van der Waals surface area contributed by atoms with Gasteiger partial charge in [0.25, 0.3) is 5.91 Å². The van der Waals surface area contributed by atoms with Crippen molar-refractivity contribution in [3.63, 3.8) is 0 Å². The SMILES string of the molecule is CN1C(=O)C(O)CC1C1(c2ccccc2-c2c[nH]c3ncccc23)C=CON1. The molecular formula is C21H20N4O3. The van der Waals surface area contributed by atoms with E-state index in [1.165, 1.54) is 0 Å². The van der Waals surface area contributed by atoms with Gasteiger partial charge in [-0.25, -0.2) is 4.98 Å². The van der Waals surface area contributed by atoms with Crippen molar-refractivity contribution < 1.29 is 14.7 Å². The number of aromatic nitrogens is 2. The van der Waals surface area contributed by atoms with Crippen LogP contribution in [0.2, 0.25) is 0 Å². The summed E-state index contributed by atoms with van der Waals surface area (Å²) < 4.78 is 0. The Morgan fingerprint density at radius 3 is 2.86 bits per heavy atom. The van der Waals surface area contributed by atoms with Crippen LogP contribution >= 0.6 is 0 Å². The molecule has 5 rings (SSSR count). The maximum Gasteiger partial charge on any atom is 0.251 e. The number of carbonyl (C=O) groups is 1. The number of pyridine rings is 1. The van der Waals surface area contributed by atoms with Gasteiger partial charge in [-0.05, 0) is 29.3 Å². The third kappa shape index (κ3) is 2.30. The summed E-state index contributed by atoms with van der Waals surface area (Å²) in [5.41, 5.74) is 6.14. The summed E-state index contributed by atoms with van der Waals surface area (Å²) in [5.74, 6) is -0.278. The average Bonchev–Trinajstić information content (AvgIpc) is 3.43. The van der Waals surface area contributed by atoms with E-state index >= 15 is 0 Å². The standard InChI is InChI=1S/C21H20N4O3/c1-25-18(11-17(26)20(25)27)21(8-10-28-24-21)16-7-3-2-5-13(16)15-12-23-19-14(15)6-4-9-22-19/h2-10,12,17-18,24,26H,11H2,1H3,(H,22,23). The third-order valence-electron chi connectivity index (χ3n) is 5.81.